The number of Topliss-reactive ketones (excluding diaryl/α,β-unsaturated/α-hetero) is 1. The van der Waals surface area contributed by atoms with Gasteiger partial charge >= 0.3 is 4.87 Å². The van der Waals surface area contributed by atoms with Gasteiger partial charge in [0.05, 0.1) is 14.5 Å². The molecule has 0 saturated heterocycles. The van der Waals surface area contributed by atoms with Gasteiger partial charge in [0.25, 0.3) is 0 Å². The Bertz CT molecular complexity index is 1010. The maximum atomic E-state index is 13.2. The van der Waals surface area contributed by atoms with Gasteiger partial charge in [-0.3, -0.25) is 14.2 Å². The molecule has 0 aliphatic carbocycles. The Morgan fingerprint density at radius 3 is 2.32 bits per heavy atom. The van der Waals surface area contributed by atoms with Crippen molar-refractivity contribution in [2.75, 3.05) is 12.5 Å². The van der Waals surface area contributed by atoms with Crippen LogP contribution in [0.1, 0.15) is 10.4 Å². The van der Waals surface area contributed by atoms with Crippen LogP contribution in [0.15, 0.2) is 57.6 Å². The van der Waals surface area contributed by atoms with Crippen LogP contribution in [0.4, 0.5) is 0 Å². The molecule has 2 aromatic carbocycles. The number of hydrogen-bond donors (Lipinski definition) is 0. The molecule has 0 fully saturated rings. The van der Waals surface area contributed by atoms with Gasteiger partial charge in [-0.05, 0) is 48.9 Å². The summed E-state index contributed by atoms with van der Waals surface area (Å²) < 4.78 is 3.18. The van der Waals surface area contributed by atoms with E-state index in [9.17, 15) is 9.59 Å². The minimum Gasteiger partial charge on any atom is -0.287 e. The fraction of sp³-hybridized carbons (Fsp3) is 0.111. The number of hydrogen-bond acceptors (Lipinski definition) is 5. The van der Waals surface area contributed by atoms with E-state index in [0.29, 0.717) is 16.3 Å². The number of thioether (sulfide) groups is 2. The van der Waals surface area contributed by atoms with Crippen LogP contribution in [-0.4, -0.2) is 22.9 Å². The molecule has 0 saturated carbocycles. The van der Waals surface area contributed by atoms with Crippen molar-refractivity contribution in [3.05, 3.63) is 73.0 Å². The number of ketones is 1. The summed E-state index contributed by atoms with van der Waals surface area (Å²) in [6.07, 6.45) is 3.81. The third kappa shape index (κ3) is 3.58. The summed E-state index contributed by atoms with van der Waals surface area (Å²) in [6, 6.07) is 14.2. The van der Waals surface area contributed by atoms with Crippen molar-refractivity contribution >= 4 is 68.2 Å². The molecule has 0 spiro atoms. The van der Waals surface area contributed by atoms with Crippen LogP contribution in [0.3, 0.4) is 0 Å². The molecule has 0 aliphatic heterocycles. The predicted octanol–water partition coefficient (Wildman–Crippen LogP) is 5.45. The molecule has 128 valence electrons. The van der Waals surface area contributed by atoms with E-state index >= 15 is 0 Å². The van der Waals surface area contributed by atoms with Crippen LogP contribution in [0.25, 0.3) is 15.9 Å². The van der Waals surface area contributed by atoms with Crippen molar-refractivity contribution in [1.82, 2.24) is 4.57 Å². The van der Waals surface area contributed by atoms with Crippen molar-refractivity contribution in [2.45, 2.75) is 0 Å². The number of halogens is 1. The van der Waals surface area contributed by atoms with Gasteiger partial charge in [-0.2, -0.15) is 0 Å². The minimum absolute atomic E-state index is 0.167. The number of allylic oxidation sites excluding steroid dienone is 1. The number of nitrogens with zero attached hydrogens (tertiary/aromatic N) is 1. The first kappa shape index (κ1) is 18.3. The van der Waals surface area contributed by atoms with Gasteiger partial charge in [0.15, 0.2) is 0 Å². The van der Waals surface area contributed by atoms with Gasteiger partial charge in [-0.25, -0.2) is 0 Å². The van der Waals surface area contributed by atoms with E-state index in [4.69, 9.17) is 11.6 Å². The number of carbonyl (C=O) groups is 1. The van der Waals surface area contributed by atoms with Gasteiger partial charge in [0.2, 0.25) is 5.78 Å². The molecule has 0 unspecified atom stereocenters. The molecular weight excluding hydrogens is 394 g/mol. The third-order valence-corrected chi connectivity index (χ3v) is 6.90. The Kier molecular flexibility index (Phi) is 5.74. The molecule has 0 aliphatic rings. The highest BCUT2D eigenvalue weighted by Crippen LogP contribution is 2.34. The fourth-order valence-corrected chi connectivity index (χ4v) is 4.91. The molecule has 0 atom stereocenters. The van der Waals surface area contributed by atoms with Crippen LogP contribution in [0.2, 0.25) is 5.02 Å². The Labute approximate surface area is 162 Å². The third-order valence-electron chi connectivity index (χ3n) is 3.60. The highest BCUT2D eigenvalue weighted by molar-refractivity contribution is 8.22. The van der Waals surface area contributed by atoms with Crippen molar-refractivity contribution in [2.24, 2.45) is 0 Å². The van der Waals surface area contributed by atoms with Crippen LogP contribution >= 0.6 is 46.5 Å². The number of rotatable bonds is 5. The maximum Gasteiger partial charge on any atom is 0.312 e. The molecule has 0 bridgehead atoms. The van der Waals surface area contributed by atoms with Crippen molar-refractivity contribution in [1.29, 1.82) is 0 Å². The molecule has 0 radical (unpaired) electrons. The second kappa shape index (κ2) is 7.83. The lowest BCUT2D eigenvalue weighted by Crippen LogP contribution is -2.19. The van der Waals surface area contributed by atoms with E-state index < -0.39 is 0 Å². The van der Waals surface area contributed by atoms with Crippen molar-refractivity contribution < 1.29 is 4.79 Å². The largest absolute Gasteiger partial charge is 0.312 e. The molecule has 3 rings (SSSR count). The molecule has 0 N–H and O–H groups in total. The molecule has 3 aromatic rings. The Hall–Kier alpha value is -1.47. The van der Waals surface area contributed by atoms with Crippen molar-refractivity contribution in [3.8, 4) is 0 Å². The Morgan fingerprint density at radius 1 is 1.04 bits per heavy atom. The SMILES string of the molecule is CSC(SC)=C(C(=O)c1ccc(Cl)cc1)n1c(=O)sc2ccccc21. The fourth-order valence-electron chi connectivity index (χ4n) is 2.48. The number of carbonyl (C=O) groups excluding carboxylic acids is 1. The number of aromatic nitrogens is 1. The molecule has 7 heteroatoms. The van der Waals surface area contributed by atoms with E-state index in [1.165, 1.54) is 28.1 Å². The van der Waals surface area contributed by atoms with Gasteiger partial charge in [0, 0.05) is 10.6 Å². The topological polar surface area (TPSA) is 39.1 Å². The summed E-state index contributed by atoms with van der Waals surface area (Å²) in [7, 11) is 0. The zero-order valence-corrected chi connectivity index (χ0v) is 16.7. The van der Waals surface area contributed by atoms with E-state index in [-0.39, 0.29) is 10.7 Å². The lowest BCUT2D eigenvalue weighted by Gasteiger charge is -2.13. The van der Waals surface area contributed by atoms with E-state index in [0.717, 1.165) is 25.8 Å². The summed E-state index contributed by atoms with van der Waals surface area (Å²) in [5.41, 5.74) is 1.64. The summed E-state index contributed by atoms with van der Waals surface area (Å²) in [5, 5.41) is 0.565. The molecule has 1 aromatic heterocycles. The second-order valence-electron chi connectivity index (χ2n) is 5.05. The minimum atomic E-state index is -0.194. The second-order valence-corrected chi connectivity index (χ2v) is 8.37. The molecular formula is C18H14ClNO2S3. The van der Waals surface area contributed by atoms with Gasteiger partial charge in [-0.15, -0.1) is 23.5 Å². The summed E-state index contributed by atoms with van der Waals surface area (Å²) in [4.78, 5) is 25.7. The van der Waals surface area contributed by atoms with Crippen molar-refractivity contribution in [3.63, 3.8) is 0 Å². The van der Waals surface area contributed by atoms with Crippen LogP contribution in [0, 0.1) is 0 Å². The quantitative estimate of drug-likeness (QED) is 0.416. The van der Waals surface area contributed by atoms with E-state index in [2.05, 4.69) is 0 Å². The lowest BCUT2D eigenvalue weighted by molar-refractivity contribution is 0.105. The predicted molar refractivity (Wildman–Crippen MR) is 112 cm³/mol. The standard InChI is InChI=1S/C18H14ClNO2S3/c1-23-17(24-2)15(16(21)11-7-9-12(19)10-8-11)20-13-5-3-4-6-14(13)25-18(20)22/h3-10H,1-2H3. The number of thiazole rings is 1. The number of para-hydroxylation sites is 1. The van der Waals surface area contributed by atoms with Gasteiger partial charge in [0.1, 0.15) is 5.70 Å². The van der Waals surface area contributed by atoms with Crippen LogP contribution in [0.5, 0.6) is 0 Å². The molecule has 0 amide bonds. The average molecular weight is 408 g/mol. The average Bonchev–Trinajstić information content (AvgIpc) is 2.95. The monoisotopic (exact) mass is 407 g/mol. The normalized spacial score (nSPS) is 10.8. The first-order chi connectivity index (χ1) is 12.1. The van der Waals surface area contributed by atoms with Gasteiger partial charge < -0.3 is 0 Å². The highest BCUT2D eigenvalue weighted by Gasteiger charge is 2.23. The smallest absolute Gasteiger partial charge is 0.287 e. The molecule has 1 heterocycles. The highest BCUT2D eigenvalue weighted by atomic mass is 35.5. The lowest BCUT2D eigenvalue weighted by atomic mass is 10.1. The Morgan fingerprint density at radius 2 is 1.68 bits per heavy atom. The summed E-state index contributed by atoms with van der Waals surface area (Å²) >= 11 is 9.99. The number of fused-ring (bicyclic) bond motifs is 1. The number of benzene rings is 2. The molecule has 3 nitrogen and oxygen atoms in total. The van der Waals surface area contributed by atoms with E-state index in [1.807, 2.05) is 36.8 Å². The molecule has 25 heavy (non-hydrogen) atoms. The Balaban J connectivity index is 2.28. The van der Waals surface area contributed by atoms with E-state index in [1.54, 1.807) is 24.3 Å². The zero-order chi connectivity index (χ0) is 18.0. The summed E-state index contributed by atoms with van der Waals surface area (Å²) in [5.74, 6) is -0.194. The zero-order valence-electron chi connectivity index (χ0n) is 13.5. The summed E-state index contributed by atoms with van der Waals surface area (Å²) in [6.45, 7) is 0. The first-order valence-corrected chi connectivity index (χ1v) is 10.9. The van der Waals surface area contributed by atoms with Gasteiger partial charge in [-0.1, -0.05) is 35.1 Å². The first-order valence-electron chi connectivity index (χ1n) is 7.30. The van der Waals surface area contributed by atoms with Crippen LogP contribution in [-0.2, 0) is 0 Å². The maximum absolute atomic E-state index is 13.2. The van der Waals surface area contributed by atoms with Crippen LogP contribution < -0.4 is 4.87 Å².